The number of tetrazole rings is 1. The molecule has 0 radical (unpaired) electrons. The number of carbonyl (C=O) groups is 1. The number of hydrogen-bond donors (Lipinski definition) is 1. The second kappa shape index (κ2) is 8.72. The van der Waals surface area contributed by atoms with Crippen molar-refractivity contribution in [3.8, 4) is 11.4 Å². The van der Waals surface area contributed by atoms with Crippen LogP contribution in [0.5, 0.6) is 5.75 Å². The van der Waals surface area contributed by atoms with E-state index in [1.165, 1.54) is 11.8 Å². The van der Waals surface area contributed by atoms with E-state index in [0.717, 1.165) is 16.3 Å². The Morgan fingerprint density at radius 3 is 2.77 bits per heavy atom. The van der Waals surface area contributed by atoms with Crippen molar-refractivity contribution < 1.29 is 9.53 Å². The zero-order chi connectivity index (χ0) is 18.4. The van der Waals surface area contributed by atoms with Crippen LogP contribution < -0.4 is 10.1 Å². The lowest BCUT2D eigenvalue weighted by molar-refractivity contribution is -0.113. The zero-order valence-corrected chi connectivity index (χ0v) is 15.9. The summed E-state index contributed by atoms with van der Waals surface area (Å²) >= 11 is 2.85. The number of rotatable bonds is 7. The first-order valence-electron chi connectivity index (χ1n) is 7.70. The summed E-state index contributed by atoms with van der Waals surface area (Å²) in [6, 6.07) is 15.1. The van der Waals surface area contributed by atoms with Gasteiger partial charge in [0.2, 0.25) is 11.1 Å². The molecule has 0 atom stereocenters. The van der Waals surface area contributed by atoms with Crippen LogP contribution in [0.1, 0.15) is 0 Å². The fraction of sp³-hybridized carbons (Fsp3) is 0.176. The molecule has 1 N–H and O–H groups in total. The molecule has 2 aromatic carbocycles. The minimum absolute atomic E-state index is 0.119. The van der Waals surface area contributed by atoms with Gasteiger partial charge in [0.25, 0.3) is 0 Å². The quantitative estimate of drug-likeness (QED) is 0.624. The Kier molecular flexibility index (Phi) is 6.13. The molecular formula is C17H17N5O2S2. The van der Waals surface area contributed by atoms with Gasteiger partial charge in [-0.1, -0.05) is 36.0 Å². The van der Waals surface area contributed by atoms with Crippen molar-refractivity contribution in [2.75, 3.05) is 24.4 Å². The highest BCUT2D eigenvalue weighted by molar-refractivity contribution is 7.99. The number of para-hydroxylation sites is 3. The van der Waals surface area contributed by atoms with E-state index in [1.807, 2.05) is 54.8 Å². The van der Waals surface area contributed by atoms with E-state index in [4.69, 9.17) is 4.74 Å². The third kappa shape index (κ3) is 4.17. The summed E-state index contributed by atoms with van der Waals surface area (Å²) in [5, 5.41) is 15.2. The monoisotopic (exact) mass is 387 g/mol. The average Bonchev–Trinajstić information content (AvgIpc) is 3.15. The zero-order valence-electron chi connectivity index (χ0n) is 14.2. The van der Waals surface area contributed by atoms with E-state index < -0.39 is 0 Å². The van der Waals surface area contributed by atoms with Gasteiger partial charge in [0.1, 0.15) is 11.4 Å². The van der Waals surface area contributed by atoms with Crippen molar-refractivity contribution in [2.45, 2.75) is 10.1 Å². The number of thioether (sulfide) groups is 2. The molecule has 26 heavy (non-hydrogen) atoms. The number of benzene rings is 2. The van der Waals surface area contributed by atoms with Crippen molar-refractivity contribution in [2.24, 2.45) is 0 Å². The maximum absolute atomic E-state index is 12.3. The van der Waals surface area contributed by atoms with Crippen LogP contribution >= 0.6 is 23.5 Å². The van der Waals surface area contributed by atoms with Gasteiger partial charge >= 0.3 is 0 Å². The molecule has 0 saturated carbocycles. The lowest BCUT2D eigenvalue weighted by atomic mass is 10.3. The normalized spacial score (nSPS) is 10.5. The first-order valence-corrected chi connectivity index (χ1v) is 9.91. The van der Waals surface area contributed by atoms with Crippen molar-refractivity contribution in [3.05, 3.63) is 48.5 Å². The molecule has 0 bridgehead atoms. The highest BCUT2D eigenvalue weighted by Crippen LogP contribution is 2.27. The van der Waals surface area contributed by atoms with Crippen LogP contribution in [0.15, 0.2) is 58.6 Å². The number of carbonyl (C=O) groups excluding carboxylic acids is 1. The molecular weight excluding hydrogens is 370 g/mol. The number of anilines is 1. The van der Waals surface area contributed by atoms with Crippen molar-refractivity contribution in [1.82, 2.24) is 20.2 Å². The summed E-state index contributed by atoms with van der Waals surface area (Å²) in [6.07, 6.45) is 1.97. The van der Waals surface area contributed by atoms with Gasteiger partial charge in [-0.05, 0) is 40.9 Å². The highest BCUT2D eigenvalue weighted by atomic mass is 32.2. The Morgan fingerprint density at radius 2 is 1.96 bits per heavy atom. The van der Waals surface area contributed by atoms with E-state index in [2.05, 4.69) is 20.8 Å². The third-order valence-electron chi connectivity index (χ3n) is 3.47. The molecule has 0 aliphatic heterocycles. The van der Waals surface area contributed by atoms with Crippen LogP contribution in [0.25, 0.3) is 5.69 Å². The topological polar surface area (TPSA) is 81.9 Å². The van der Waals surface area contributed by atoms with Crippen LogP contribution in [0.3, 0.4) is 0 Å². The molecule has 3 rings (SSSR count). The minimum atomic E-state index is -0.119. The Morgan fingerprint density at radius 1 is 1.19 bits per heavy atom. The largest absolute Gasteiger partial charge is 0.494 e. The number of amides is 1. The van der Waals surface area contributed by atoms with E-state index in [0.29, 0.717) is 10.9 Å². The SMILES string of the molecule is COc1ccccc1-n1nnnc1SCC(=O)Nc1ccccc1SC. The van der Waals surface area contributed by atoms with Gasteiger partial charge in [0.15, 0.2) is 0 Å². The summed E-state index contributed by atoms with van der Waals surface area (Å²) in [4.78, 5) is 13.3. The van der Waals surface area contributed by atoms with E-state index in [1.54, 1.807) is 23.6 Å². The highest BCUT2D eigenvalue weighted by Gasteiger charge is 2.15. The molecule has 0 spiro atoms. The minimum Gasteiger partial charge on any atom is -0.494 e. The Balaban J connectivity index is 1.69. The first-order chi connectivity index (χ1) is 12.7. The fourth-order valence-electron chi connectivity index (χ4n) is 2.29. The number of aromatic nitrogens is 4. The number of methoxy groups -OCH3 is 1. The number of nitrogens with zero attached hydrogens (tertiary/aromatic N) is 4. The number of nitrogens with one attached hydrogen (secondary N) is 1. The van der Waals surface area contributed by atoms with E-state index in [9.17, 15) is 4.79 Å². The van der Waals surface area contributed by atoms with Gasteiger partial charge in [-0.25, -0.2) is 0 Å². The first kappa shape index (κ1) is 18.3. The molecule has 9 heteroatoms. The van der Waals surface area contributed by atoms with Crippen LogP contribution in [0, 0.1) is 0 Å². The summed E-state index contributed by atoms with van der Waals surface area (Å²) in [6.45, 7) is 0. The van der Waals surface area contributed by atoms with Gasteiger partial charge in [0.05, 0.1) is 18.6 Å². The van der Waals surface area contributed by atoms with Crippen LogP contribution in [-0.2, 0) is 4.79 Å². The second-order valence-electron chi connectivity index (χ2n) is 5.08. The molecule has 1 amide bonds. The average molecular weight is 387 g/mol. The van der Waals surface area contributed by atoms with Crippen molar-refractivity contribution in [3.63, 3.8) is 0 Å². The molecule has 1 aromatic heterocycles. The summed E-state index contributed by atoms with van der Waals surface area (Å²) in [7, 11) is 1.59. The van der Waals surface area contributed by atoms with Gasteiger partial charge in [-0.15, -0.1) is 16.9 Å². The summed E-state index contributed by atoms with van der Waals surface area (Å²) in [5.74, 6) is 0.726. The molecule has 1 heterocycles. The van der Waals surface area contributed by atoms with Crippen LogP contribution in [-0.4, -0.2) is 45.2 Å². The molecule has 7 nitrogen and oxygen atoms in total. The summed E-state index contributed by atoms with van der Waals surface area (Å²) in [5.41, 5.74) is 1.52. The lowest BCUT2D eigenvalue weighted by Crippen LogP contribution is -2.15. The smallest absolute Gasteiger partial charge is 0.234 e. The van der Waals surface area contributed by atoms with Crippen molar-refractivity contribution in [1.29, 1.82) is 0 Å². The Hall–Kier alpha value is -2.52. The van der Waals surface area contributed by atoms with Crippen LogP contribution in [0.4, 0.5) is 5.69 Å². The standard InChI is InChI=1S/C17H17N5O2S2/c1-24-14-9-5-4-8-13(14)22-17(19-20-21-22)26-11-16(23)18-12-7-3-6-10-15(12)25-2/h3-10H,11H2,1-2H3,(H,18,23). The maximum atomic E-state index is 12.3. The predicted octanol–water partition coefficient (Wildman–Crippen LogP) is 3.12. The van der Waals surface area contributed by atoms with Crippen molar-refractivity contribution >= 4 is 35.1 Å². The lowest BCUT2D eigenvalue weighted by Gasteiger charge is -2.10. The fourth-order valence-corrected chi connectivity index (χ4v) is 3.53. The van der Waals surface area contributed by atoms with Gasteiger partial charge in [-0.2, -0.15) is 4.68 Å². The summed E-state index contributed by atoms with van der Waals surface area (Å²) < 4.78 is 6.91. The maximum Gasteiger partial charge on any atom is 0.234 e. The second-order valence-corrected chi connectivity index (χ2v) is 6.87. The van der Waals surface area contributed by atoms with E-state index in [-0.39, 0.29) is 11.7 Å². The predicted molar refractivity (Wildman–Crippen MR) is 103 cm³/mol. The van der Waals surface area contributed by atoms with Crippen LogP contribution in [0.2, 0.25) is 0 Å². The number of ether oxygens (including phenoxy) is 1. The molecule has 134 valence electrons. The molecule has 0 aliphatic rings. The molecule has 0 saturated heterocycles. The van der Waals surface area contributed by atoms with Gasteiger partial charge in [0, 0.05) is 4.90 Å². The molecule has 3 aromatic rings. The Labute approximate surface area is 159 Å². The molecule has 0 unspecified atom stereocenters. The molecule has 0 fully saturated rings. The Bertz CT molecular complexity index is 900. The van der Waals surface area contributed by atoms with Gasteiger partial charge < -0.3 is 10.1 Å². The third-order valence-corrected chi connectivity index (χ3v) is 5.18. The van der Waals surface area contributed by atoms with Gasteiger partial charge in [-0.3, -0.25) is 4.79 Å². The van der Waals surface area contributed by atoms with E-state index >= 15 is 0 Å². The number of hydrogen-bond acceptors (Lipinski definition) is 7. The molecule has 0 aliphatic carbocycles.